The average molecular weight is 441 g/mol. The number of ether oxygens (including phenoxy) is 1. The largest absolute Gasteiger partial charge is 0.490 e. The second-order valence-corrected chi connectivity index (χ2v) is 9.91. The zero-order valence-corrected chi connectivity index (χ0v) is 19.7. The fourth-order valence-electron chi connectivity index (χ4n) is 6.25. The molecule has 1 nitrogen and oxygen atoms in total. The molecule has 0 aliphatic heterocycles. The molecule has 0 spiro atoms. The summed E-state index contributed by atoms with van der Waals surface area (Å²) in [5.74, 6) is 1.54. The molecule has 0 saturated heterocycles. The van der Waals surface area contributed by atoms with Gasteiger partial charge in [0.2, 0.25) is 5.82 Å². The van der Waals surface area contributed by atoms with Crippen LogP contribution in [-0.4, -0.2) is 6.61 Å². The van der Waals surface area contributed by atoms with Crippen molar-refractivity contribution in [2.45, 2.75) is 84.0 Å². The van der Waals surface area contributed by atoms with Crippen LogP contribution in [0.4, 0.5) is 8.78 Å². The molecule has 4 rings (SSSR count). The third-order valence-corrected chi connectivity index (χ3v) is 7.98. The second kappa shape index (κ2) is 10.8. The van der Waals surface area contributed by atoms with Gasteiger partial charge in [-0.1, -0.05) is 70.2 Å². The van der Waals surface area contributed by atoms with Gasteiger partial charge in [0.25, 0.3) is 0 Å². The summed E-state index contributed by atoms with van der Waals surface area (Å²) >= 11 is 0. The van der Waals surface area contributed by atoms with E-state index < -0.39 is 11.6 Å². The Morgan fingerprint density at radius 1 is 0.781 bits per heavy atom. The predicted octanol–water partition coefficient (Wildman–Crippen LogP) is 8.91. The van der Waals surface area contributed by atoms with E-state index in [1.165, 1.54) is 56.9 Å². The quantitative estimate of drug-likeness (QED) is 0.335. The first kappa shape index (κ1) is 23.3. The molecule has 2 aromatic carbocycles. The van der Waals surface area contributed by atoms with Crippen LogP contribution in [0.1, 0.15) is 89.5 Å². The molecule has 2 fully saturated rings. The lowest BCUT2D eigenvalue weighted by atomic mass is 9.83. The molecule has 0 bridgehead atoms. The van der Waals surface area contributed by atoms with Gasteiger partial charge in [-0.05, 0) is 79.0 Å². The second-order valence-electron chi connectivity index (χ2n) is 9.91. The van der Waals surface area contributed by atoms with Gasteiger partial charge in [-0.15, -0.1) is 0 Å². The highest BCUT2D eigenvalue weighted by Gasteiger charge is 2.44. The van der Waals surface area contributed by atoms with Crippen LogP contribution in [0.2, 0.25) is 0 Å². The van der Waals surface area contributed by atoms with Crippen molar-refractivity contribution in [2.24, 2.45) is 17.8 Å². The van der Waals surface area contributed by atoms with Gasteiger partial charge in [0, 0.05) is 5.56 Å². The maximum absolute atomic E-state index is 14.8. The maximum Gasteiger partial charge on any atom is 0.201 e. The summed E-state index contributed by atoms with van der Waals surface area (Å²) in [6, 6.07) is 11.4. The van der Waals surface area contributed by atoms with E-state index in [1.807, 2.05) is 19.1 Å². The van der Waals surface area contributed by atoms with E-state index in [4.69, 9.17) is 4.74 Å². The number of rotatable bonds is 10. The minimum Gasteiger partial charge on any atom is -0.490 e. The fraction of sp³-hybridized carbons (Fsp3) is 0.586. The maximum atomic E-state index is 14.8. The molecular weight excluding hydrogens is 402 g/mol. The number of unbranched alkanes of at least 4 members (excludes halogenated alkanes) is 3. The third-order valence-electron chi connectivity index (χ3n) is 7.98. The Labute approximate surface area is 192 Å². The highest BCUT2D eigenvalue weighted by molar-refractivity contribution is 5.65. The summed E-state index contributed by atoms with van der Waals surface area (Å²) in [5.41, 5.74) is 2.40. The van der Waals surface area contributed by atoms with Gasteiger partial charge in [0.15, 0.2) is 11.6 Å². The van der Waals surface area contributed by atoms with Crippen molar-refractivity contribution in [3.8, 4) is 16.9 Å². The molecule has 2 saturated carbocycles. The average Bonchev–Trinajstić information content (AvgIpc) is 3.40. The van der Waals surface area contributed by atoms with Gasteiger partial charge in [-0.2, -0.15) is 4.39 Å². The first-order valence-corrected chi connectivity index (χ1v) is 12.8. The third kappa shape index (κ3) is 4.87. The van der Waals surface area contributed by atoms with Crippen LogP contribution < -0.4 is 4.74 Å². The monoisotopic (exact) mass is 440 g/mol. The molecule has 0 N–H and O–H groups in total. The Bertz CT molecular complexity index is 875. The van der Waals surface area contributed by atoms with E-state index in [9.17, 15) is 8.78 Å². The summed E-state index contributed by atoms with van der Waals surface area (Å²) in [6.07, 6.45) is 12.6. The van der Waals surface area contributed by atoms with E-state index in [1.54, 1.807) is 12.1 Å². The highest BCUT2D eigenvalue weighted by Crippen LogP contribution is 2.55. The molecule has 2 aliphatic carbocycles. The molecule has 0 amide bonds. The molecule has 0 heterocycles. The van der Waals surface area contributed by atoms with Crippen LogP contribution in [0.3, 0.4) is 0 Å². The molecule has 3 heteroatoms. The summed E-state index contributed by atoms with van der Waals surface area (Å²) in [6.45, 7) is 4.73. The van der Waals surface area contributed by atoms with Crippen molar-refractivity contribution in [1.29, 1.82) is 0 Å². The molecule has 0 radical (unpaired) electrons. The normalized spacial score (nSPS) is 24.6. The first-order valence-electron chi connectivity index (χ1n) is 12.8. The lowest BCUT2D eigenvalue weighted by Gasteiger charge is -2.21. The first-order chi connectivity index (χ1) is 15.6. The van der Waals surface area contributed by atoms with E-state index >= 15 is 0 Å². The van der Waals surface area contributed by atoms with Gasteiger partial charge < -0.3 is 4.74 Å². The summed E-state index contributed by atoms with van der Waals surface area (Å²) in [4.78, 5) is 0. The standard InChI is InChI=1S/C29H38F2O/c1-3-5-7-8-20-13-14-26-23(20)15-16-24(26)21-9-11-22(12-10-21)25-17-18-27(29(31)28(25)30)32-19-6-4-2/h9-12,17-18,20,23-24,26H,3-8,13-16,19H2,1-2H3. The van der Waals surface area contributed by atoms with E-state index in [-0.39, 0.29) is 5.75 Å². The zero-order chi connectivity index (χ0) is 22.5. The van der Waals surface area contributed by atoms with E-state index in [2.05, 4.69) is 19.1 Å². The number of benzene rings is 2. The van der Waals surface area contributed by atoms with Crippen LogP contribution in [0.5, 0.6) is 5.75 Å². The molecule has 32 heavy (non-hydrogen) atoms. The van der Waals surface area contributed by atoms with Gasteiger partial charge in [-0.3, -0.25) is 0 Å². The van der Waals surface area contributed by atoms with E-state index in [0.29, 0.717) is 18.1 Å². The van der Waals surface area contributed by atoms with Crippen molar-refractivity contribution in [3.05, 3.63) is 53.6 Å². The van der Waals surface area contributed by atoms with Gasteiger partial charge in [0.05, 0.1) is 6.61 Å². The smallest absolute Gasteiger partial charge is 0.201 e. The molecule has 174 valence electrons. The molecule has 2 aliphatic rings. The molecule has 2 aromatic rings. The lowest BCUT2D eigenvalue weighted by molar-refractivity contribution is 0.289. The molecule has 4 unspecified atom stereocenters. The Morgan fingerprint density at radius 2 is 1.53 bits per heavy atom. The van der Waals surface area contributed by atoms with E-state index in [0.717, 1.165) is 36.2 Å². The number of fused-ring (bicyclic) bond motifs is 1. The molecular formula is C29H38F2O. The summed E-state index contributed by atoms with van der Waals surface area (Å²) in [7, 11) is 0. The Morgan fingerprint density at radius 3 is 2.28 bits per heavy atom. The van der Waals surface area contributed by atoms with Crippen molar-refractivity contribution in [2.75, 3.05) is 6.61 Å². The van der Waals surface area contributed by atoms with Crippen molar-refractivity contribution >= 4 is 0 Å². The fourth-order valence-corrected chi connectivity index (χ4v) is 6.25. The predicted molar refractivity (Wildman–Crippen MR) is 128 cm³/mol. The number of hydrogen-bond donors (Lipinski definition) is 0. The van der Waals surface area contributed by atoms with Crippen LogP contribution >= 0.6 is 0 Å². The number of halogens is 2. The molecule has 0 aromatic heterocycles. The van der Waals surface area contributed by atoms with Crippen molar-refractivity contribution < 1.29 is 13.5 Å². The molecule has 4 atom stereocenters. The summed E-state index contributed by atoms with van der Waals surface area (Å²) in [5, 5.41) is 0. The van der Waals surface area contributed by atoms with Crippen LogP contribution in [0.25, 0.3) is 11.1 Å². The SMILES string of the molecule is CCCCCC1CCC2C(c3ccc(-c4ccc(OCCCC)c(F)c4F)cc3)CCC12. The van der Waals surface area contributed by atoms with Gasteiger partial charge >= 0.3 is 0 Å². The minimum absolute atomic E-state index is 0.00282. The Kier molecular flexibility index (Phi) is 7.86. The van der Waals surface area contributed by atoms with Gasteiger partial charge in [-0.25, -0.2) is 4.39 Å². The van der Waals surface area contributed by atoms with Crippen molar-refractivity contribution in [3.63, 3.8) is 0 Å². The van der Waals surface area contributed by atoms with Crippen LogP contribution in [0.15, 0.2) is 36.4 Å². The highest BCUT2D eigenvalue weighted by atomic mass is 19.2. The zero-order valence-electron chi connectivity index (χ0n) is 19.7. The Balaban J connectivity index is 1.43. The number of hydrogen-bond acceptors (Lipinski definition) is 1. The lowest BCUT2D eigenvalue weighted by Crippen LogP contribution is -2.12. The summed E-state index contributed by atoms with van der Waals surface area (Å²) < 4.78 is 34.6. The van der Waals surface area contributed by atoms with Crippen LogP contribution in [0, 0.1) is 29.4 Å². The Hall–Kier alpha value is -1.90. The minimum atomic E-state index is -0.888. The van der Waals surface area contributed by atoms with Gasteiger partial charge in [0.1, 0.15) is 0 Å². The van der Waals surface area contributed by atoms with Crippen molar-refractivity contribution in [1.82, 2.24) is 0 Å². The van der Waals surface area contributed by atoms with Crippen LogP contribution in [-0.2, 0) is 0 Å². The topological polar surface area (TPSA) is 9.23 Å².